The summed E-state index contributed by atoms with van der Waals surface area (Å²) in [6.07, 6.45) is 0. The molecule has 3 N–H and O–H groups in total. The molecule has 3 rings (SSSR count). The molecule has 8 nitrogen and oxygen atoms in total. The van der Waals surface area contributed by atoms with Crippen LogP contribution in [0.2, 0.25) is 0 Å². The van der Waals surface area contributed by atoms with E-state index < -0.39 is 0 Å². The molecule has 0 aliphatic rings. The van der Waals surface area contributed by atoms with Crippen LogP contribution in [0.5, 0.6) is 0 Å². The molecule has 1 atom stereocenters. The minimum absolute atomic E-state index is 0.0110. The van der Waals surface area contributed by atoms with Gasteiger partial charge in [0.15, 0.2) is 17.0 Å². The van der Waals surface area contributed by atoms with Crippen molar-refractivity contribution in [2.75, 3.05) is 17.2 Å². The lowest BCUT2D eigenvalue weighted by atomic mass is 10.1. The molecule has 3 aromatic rings. The maximum absolute atomic E-state index is 9.59. The molecule has 0 aliphatic heterocycles. The van der Waals surface area contributed by atoms with Gasteiger partial charge in [-0.15, -0.1) is 5.10 Å². The predicted molar refractivity (Wildman–Crippen MR) is 102 cm³/mol. The summed E-state index contributed by atoms with van der Waals surface area (Å²) in [5.74, 6) is 1.33. The van der Waals surface area contributed by atoms with Crippen molar-refractivity contribution in [3.63, 3.8) is 0 Å². The summed E-state index contributed by atoms with van der Waals surface area (Å²) >= 11 is 0. The summed E-state index contributed by atoms with van der Waals surface area (Å²) in [5.41, 5.74) is 2.45. The number of rotatable bonds is 8. The Morgan fingerprint density at radius 3 is 2.58 bits per heavy atom. The molecule has 138 valence electrons. The summed E-state index contributed by atoms with van der Waals surface area (Å²) in [5, 5.41) is 24.5. The summed E-state index contributed by atoms with van der Waals surface area (Å²) in [4.78, 5) is 9.13. The highest BCUT2D eigenvalue weighted by molar-refractivity contribution is 5.83. The number of nitrogens with zero attached hydrogens (tertiary/aromatic N) is 5. The second kappa shape index (κ2) is 8.09. The standard InChI is InChI=1S/C18H25N7O/c1-4-25-17-15(23-24-25)16(19-10-13-8-6-5-7-9-13)21-18(22-17)20-14(11-26)12(2)3/h5-9,12,14,26H,4,10-11H2,1-3H3,(H2,19,20,21,22). The molecule has 0 aliphatic carbocycles. The molecule has 0 saturated carbocycles. The number of fused-ring (bicyclic) bond motifs is 1. The molecule has 0 fully saturated rings. The number of hydrogen-bond donors (Lipinski definition) is 3. The number of anilines is 2. The third kappa shape index (κ3) is 3.91. The zero-order valence-electron chi connectivity index (χ0n) is 15.3. The number of hydrogen-bond acceptors (Lipinski definition) is 7. The largest absolute Gasteiger partial charge is 0.394 e. The lowest BCUT2D eigenvalue weighted by molar-refractivity contribution is 0.248. The molecule has 0 saturated heterocycles. The highest BCUT2D eigenvalue weighted by atomic mass is 16.3. The van der Waals surface area contributed by atoms with E-state index in [2.05, 4.69) is 30.9 Å². The van der Waals surface area contributed by atoms with Gasteiger partial charge in [-0.25, -0.2) is 4.68 Å². The molecule has 0 spiro atoms. The Hall–Kier alpha value is -2.74. The van der Waals surface area contributed by atoms with Crippen LogP contribution >= 0.6 is 0 Å². The minimum atomic E-state index is -0.125. The molecule has 0 amide bonds. The molecule has 1 aromatic carbocycles. The third-order valence-electron chi connectivity index (χ3n) is 4.28. The van der Waals surface area contributed by atoms with E-state index in [1.807, 2.05) is 51.1 Å². The van der Waals surface area contributed by atoms with Crippen LogP contribution in [-0.2, 0) is 13.1 Å². The molecule has 2 heterocycles. The van der Waals surface area contributed by atoms with Crippen molar-refractivity contribution in [1.29, 1.82) is 0 Å². The van der Waals surface area contributed by atoms with Crippen LogP contribution in [0.25, 0.3) is 11.2 Å². The average Bonchev–Trinajstić information content (AvgIpc) is 3.08. The van der Waals surface area contributed by atoms with Gasteiger partial charge >= 0.3 is 0 Å². The molecule has 8 heteroatoms. The van der Waals surface area contributed by atoms with Crippen LogP contribution in [0, 0.1) is 5.92 Å². The van der Waals surface area contributed by atoms with Gasteiger partial charge in [-0.1, -0.05) is 49.4 Å². The zero-order valence-corrected chi connectivity index (χ0v) is 15.3. The van der Waals surface area contributed by atoms with E-state index in [-0.39, 0.29) is 18.6 Å². The van der Waals surface area contributed by atoms with Crippen molar-refractivity contribution in [3.05, 3.63) is 35.9 Å². The first-order valence-corrected chi connectivity index (χ1v) is 8.88. The van der Waals surface area contributed by atoms with E-state index in [4.69, 9.17) is 0 Å². The maximum atomic E-state index is 9.59. The van der Waals surface area contributed by atoms with E-state index in [1.54, 1.807) is 4.68 Å². The summed E-state index contributed by atoms with van der Waals surface area (Å²) < 4.78 is 1.74. The van der Waals surface area contributed by atoms with Gasteiger partial charge in [0, 0.05) is 13.1 Å². The normalized spacial score (nSPS) is 12.5. The maximum Gasteiger partial charge on any atom is 0.227 e. The fourth-order valence-corrected chi connectivity index (χ4v) is 2.63. The molecule has 0 radical (unpaired) electrons. The Kier molecular flexibility index (Phi) is 5.62. The highest BCUT2D eigenvalue weighted by Crippen LogP contribution is 2.21. The Bertz CT molecular complexity index is 847. The van der Waals surface area contributed by atoms with Gasteiger partial charge in [0.05, 0.1) is 12.6 Å². The summed E-state index contributed by atoms with van der Waals surface area (Å²) in [6, 6.07) is 9.97. The Balaban J connectivity index is 1.93. The number of aromatic nitrogens is 5. The number of aryl methyl sites for hydroxylation is 1. The van der Waals surface area contributed by atoms with E-state index in [9.17, 15) is 5.11 Å². The van der Waals surface area contributed by atoms with Crippen molar-refractivity contribution in [2.24, 2.45) is 5.92 Å². The van der Waals surface area contributed by atoms with Crippen LogP contribution in [-0.4, -0.2) is 42.7 Å². The topological polar surface area (TPSA) is 101 Å². The van der Waals surface area contributed by atoms with Gasteiger partial charge < -0.3 is 15.7 Å². The van der Waals surface area contributed by atoms with Gasteiger partial charge in [-0.2, -0.15) is 9.97 Å². The second-order valence-corrected chi connectivity index (χ2v) is 6.49. The van der Waals surface area contributed by atoms with E-state index >= 15 is 0 Å². The van der Waals surface area contributed by atoms with E-state index in [0.717, 1.165) is 5.56 Å². The van der Waals surface area contributed by atoms with Crippen LogP contribution in [0.15, 0.2) is 30.3 Å². The fourth-order valence-electron chi connectivity index (χ4n) is 2.63. The van der Waals surface area contributed by atoms with Crippen molar-refractivity contribution in [1.82, 2.24) is 25.0 Å². The lowest BCUT2D eigenvalue weighted by Crippen LogP contribution is -2.30. The fraction of sp³-hybridized carbons (Fsp3) is 0.444. The van der Waals surface area contributed by atoms with E-state index in [0.29, 0.717) is 36.0 Å². The average molecular weight is 355 g/mol. The summed E-state index contributed by atoms with van der Waals surface area (Å²) in [6.45, 7) is 7.37. The molecular weight excluding hydrogens is 330 g/mol. The Morgan fingerprint density at radius 1 is 1.15 bits per heavy atom. The monoisotopic (exact) mass is 355 g/mol. The zero-order chi connectivity index (χ0) is 18.5. The smallest absolute Gasteiger partial charge is 0.227 e. The third-order valence-corrected chi connectivity index (χ3v) is 4.28. The van der Waals surface area contributed by atoms with Gasteiger partial charge in [0.2, 0.25) is 5.95 Å². The van der Waals surface area contributed by atoms with Gasteiger partial charge in [0.25, 0.3) is 0 Å². The first-order valence-electron chi connectivity index (χ1n) is 8.88. The summed E-state index contributed by atoms with van der Waals surface area (Å²) in [7, 11) is 0. The molecule has 26 heavy (non-hydrogen) atoms. The highest BCUT2D eigenvalue weighted by Gasteiger charge is 2.18. The molecule has 1 unspecified atom stereocenters. The van der Waals surface area contributed by atoms with Gasteiger partial charge in [-0.3, -0.25) is 0 Å². The van der Waals surface area contributed by atoms with Crippen LogP contribution < -0.4 is 10.6 Å². The van der Waals surface area contributed by atoms with Crippen LogP contribution in [0.3, 0.4) is 0 Å². The minimum Gasteiger partial charge on any atom is -0.394 e. The number of aliphatic hydroxyl groups is 1. The van der Waals surface area contributed by atoms with Crippen LogP contribution in [0.1, 0.15) is 26.3 Å². The van der Waals surface area contributed by atoms with Gasteiger partial charge in [0.1, 0.15) is 0 Å². The first-order chi connectivity index (χ1) is 12.6. The van der Waals surface area contributed by atoms with E-state index in [1.165, 1.54) is 0 Å². The van der Waals surface area contributed by atoms with Crippen molar-refractivity contribution < 1.29 is 5.11 Å². The van der Waals surface area contributed by atoms with Gasteiger partial charge in [-0.05, 0) is 18.4 Å². The number of benzene rings is 1. The van der Waals surface area contributed by atoms with Crippen molar-refractivity contribution in [3.8, 4) is 0 Å². The van der Waals surface area contributed by atoms with Crippen molar-refractivity contribution in [2.45, 2.75) is 39.9 Å². The Morgan fingerprint density at radius 2 is 1.92 bits per heavy atom. The second-order valence-electron chi connectivity index (χ2n) is 6.49. The van der Waals surface area contributed by atoms with Crippen LogP contribution in [0.4, 0.5) is 11.8 Å². The first kappa shape index (κ1) is 18.1. The number of aliphatic hydroxyl groups excluding tert-OH is 1. The predicted octanol–water partition coefficient (Wildman–Crippen LogP) is 2.28. The SMILES string of the molecule is CCn1nnc2c(NCc3ccccc3)nc(NC(CO)C(C)C)nc21. The van der Waals surface area contributed by atoms with Crippen molar-refractivity contribution >= 4 is 22.9 Å². The molecule has 2 aromatic heterocycles. The molecule has 0 bridgehead atoms. The lowest BCUT2D eigenvalue weighted by Gasteiger charge is -2.20. The quantitative estimate of drug-likeness (QED) is 0.570. The molecular formula is C18H25N7O. The number of nitrogens with one attached hydrogen (secondary N) is 2. The Labute approximate surface area is 152 Å².